The van der Waals surface area contributed by atoms with Gasteiger partial charge >= 0.3 is 5.97 Å². The van der Waals surface area contributed by atoms with Crippen molar-refractivity contribution in [2.24, 2.45) is 0 Å². The third-order valence-electron chi connectivity index (χ3n) is 2.18. The lowest BCUT2D eigenvalue weighted by molar-refractivity contribution is 0.0686. The van der Waals surface area contributed by atoms with Crippen molar-refractivity contribution >= 4 is 11.8 Å². The molecule has 0 bridgehead atoms. The number of carboxylic acid groups (broad SMARTS) is 1. The molecule has 2 heterocycles. The zero-order valence-electron chi connectivity index (χ0n) is 8.70. The standard InChI is InChI=1S/C12H8N2O3/c15-11(8-3-1-5-13-7-8)9-4-2-6-14-10(9)12(16)17/h1-7H,(H,16,17). The van der Waals surface area contributed by atoms with Gasteiger partial charge in [0.1, 0.15) is 0 Å². The lowest BCUT2D eigenvalue weighted by Crippen LogP contribution is -2.11. The van der Waals surface area contributed by atoms with Gasteiger partial charge in [0.05, 0.1) is 5.56 Å². The highest BCUT2D eigenvalue weighted by Gasteiger charge is 2.18. The fourth-order valence-corrected chi connectivity index (χ4v) is 1.41. The van der Waals surface area contributed by atoms with Crippen LogP contribution in [0.5, 0.6) is 0 Å². The average molecular weight is 228 g/mol. The molecule has 0 saturated heterocycles. The van der Waals surface area contributed by atoms with Gasteiger partial charge in [-0.05, 0) is 24.3 Å². The van der Waals surface area contributed by atoms with Crippen molar-refractivity contribution in [1.82, 2.24) is 9.97 Å². The summed E-state index contributed by atoms with van der Waals surface area (Å²) < 4.78 is 0. The second-order valence-corrected chi connectivity index (χ2v) is 3.28. The topological polar surface area (TPSA) is 80.2 Å². The molecular formula is C12H8N2O3. The van der Waals surface area contributed by atoms with Gasteiger partial charge in [-0.1, -0.05) is 0 Å². The van der Waals surface area contributed by atoms with Crippen molar-refractivity contribution in [3.8, 4) is 0 Å². The van der Waals surface area contributed by atoms with E-state index in [4.69, 9.17) is 5.11 Å². The molecule has 1 N–H and O–H groups in total. The van der Waals surface area contributed by atoms with E-state index in [0.29, 0.717) is 5.56 Å². The molecule has 0 radical (unpaired) electrons. The van der Waals surface area contributed by atoms with Crippen LogP contribution >= 0.6 is 0 Å². The van der Waals surface area contributed by atoms with Gasteiger partial charge in [-0.25, -0.2) is 9.78 Å². The number of ketones is 1. The summed E-state index contributed by atoms with van der Waals surface area (Å²) in [6.07, 6.45) is 4.27. The Labute approximate surface area is 96.8 Å². The minimum atomic E-state index is -1.22. The molecule has 5 nitrogen and oxygen atoms in total. The predicted molar refractivity (Wildman–Crippen MR) is 58.9 cm³/mol. The first-order valence-electron chi connectivity index (χ1n) is 4.83. The van der Waals surface area contributed by atoms with Gasteiger partial charge in [-0.3, -0.25) is 9.78 Å². The highest BCUT2D eigenvalue weighted by atomic mass is 16.4. The molecule has 2 aromatic heterocycles. The van der Waals surface area contributed by atoms with Crippen LogP contribution in [0.15, 0.2) is 42.9 Å². The van der Waals surface area contributed by atoms with Crippen molar-refractivity contribution in [3.05, 3.63) is 59.7 Å². The first kappa shape index (κ1) is 10.9. The normalized spacial score (nSPS) is 9.88. The number of aromatic carboxylic acids is 1. The summed E-state index contributed by atoms with van der Waals surface area (Å²) >= 11 is 0. The molecule has 0 atom stereocenters. The molecular weight excluding hydrogens is 220 g/mol. The number of hydrogen-bond donors (Lipinski definition) is 1. The fourth-order valence-electron chi connectivity index (χ4n) is 1.41. The fraction of sp³-hybridized carbons (Fsp3) is 0. The van der Waals surface area contributed by atoms with Gasteiger partial charge in [-0.15, -0.1) is 0 Å². The monoisotopic (exact) mass is 228 g/mol. The number of aromatic nitrogens is 2. The molecule has 84 valence electrons. The van der Waals surface area contributed by atoms with Crippen LogP contribution in [0.3, 0.4) is 0 Å². The number of nitrogens with zero attached hydrogens (tertiary/aromatic N) is 2. The summed E-state index contributed by atoms with van der Waals surface area (Å²) in [6, 6.07) is 6.15. The number of carboxylic acids is 1. The summed E-state index contributed by atoms with van der Waals surface area (Å²) in [5, 5.41) is 8.93. The van der Waals surface area contributed by atoms with Crippen LogP contribution in [-0.4, -0.2) is 26.8 Å². The summed E-state index contributed by atoms with van der Waals surface area (Å²) in [5.41, 5.74) is 0.150. The molecule has 0 aliphatic rings. The summed E-state index contributed by atoms with van der Waals surface area (Å²) in [5.74, 6) is -1.62. The molecule has 0 spiro atoms. The third-order valence-corrected chi connectivity index (χ3v) is 2.18. The quantitative estimate of drug-likeness (QED) is 0.803. The first-order valence-corrected chi connectivity index (χ1v) is 4.83. The second kappa shape index (κ2) is 4.52. The Hall–Kier alpha value is -2.56. The maximum Gasteiger partial charge on any atom is 0.355 e. The Morgan fingerprint density at radius 1 is 1.12 bits per heavy atom. The van der Waals surface area contributed by atoms with Crippen LogP contribution in [0.1, 0.15) is 26.4 Å². The molecule has 2 aromatic rings. The minimum Gasteiger partial charge on any atom is -0.476 e. The molecule has 0 aliphatic heterocycles. The van der Waals surface area contributed by atoms with E-state index in [1.165, 1.54) is 30.7 Å². The number of rotatable bonds is 3. The third kappa shape index (κ3) is 2.17. The largest absolute Gasteiger partial charge is 0.476 e. The summed E-state index contributed by atoms with van der Waals surface area (Å²) in [7, 11) is 0. The second-order valence-electron chi connectivity index (χ2n) is 3.28. The van der Waals surface area contributed by atoms with E-state index in [0.717, 1.165) is 0 Å². The van der Waals surface area contributed by atoms with Crippen molar-refractivity contribution < 1.29 is 14.7 Å². The van der Waals surface area contributed by atoms with Crippen LogP contribution in [0, 0.1) is 0 Å². The molecule has 0 fully saturated rings. The number of carbonyl (C=O) groups excluding carboxylic acids is 1. The Balaban J connectivity index is 2.48. The van der Waals surface area contributed by atoms with E-state index in [-0.39, 0.29) is 11.3 Å². The van der Waals surface area contributed by atoms with Crippen LogP contribution in [0.2, 0.25) is 0 Å². The van der Waals surface area contributed by atoms with Crippen molar-refractivity contribution in [2.45, 2.75) is 0 Å². The van der Waals surface area contributed by atoms with E-state index in [2.05, 4.69) is 9.97 Å². The van der Waals surface area contributed by atoms with Crippen LogP contribution in [0.4, 0.5) is 0 Å². The molecule has 0 aromatic carbocycles. The van der Waals surface area contributed by atoms with Gasteiger partial charge in [0, 0.05) is 24.2 Å². The zero-order chi connectivity index (χ0) is 12.3. The molecule has 5 heteroatoms. The highest BCUT2D eigenvalue weighted by molar-refractivity contribution is 6.13. The molecule has 0 amide bonds. The summed E-state index contributed by atoms with van der Waals surface area (Å²) in [4.78, 5) is 30.5. The smallest absolute Gasteiger partial charge is 0.355 e. The van der Waals surface area contributed by atoms with Crippen molar-refractivity contribution in [3.63, 3.8) is 0 Å². The first-order chi connectivity index (χ1) is 8.20. The van der Waals surface area contributed by atoms with Gasteiger partial charge in [0.15, 0.2) is 11.5 Å². The van der Waals surface area contributed by atoms with Gasteiger partial charge in [0.25, 0.3) is 0 Å². The Morgan fingerprint density at radius 3 is 2.53 bits per heavy atom. The average Bonchev–Trinajstić information content (AvgIpc) is 2.39. The predicted octanol–water partition coefficient (Wildman–Crippen LogP) is 1.41. The molecule has 2 rings (SSSR count). The van der Waals surface area contributed by atoms with Gasteiger partial charge in [0.2, 0.25) is 0 Å². The van der Waals surface area contributed by atoms with Crippen LogP contribution in [-0.2, 0) is 0 Å². The lowest BCUT2D eigenvalue weighted by Gasteiger charge is -2.03. The van der Waals surface area contributed by atoms with E-state index >= 15 is 0 Å². The SMILES string of the molecule is O=C(c1cccnc1)c1cccnc1C(=O)O. The molecule has 0 unspecified atom stereocenters. The number of pyridine rings is 2. The Bertz CT molecular complexity index is 567. The van der Waals surface area contributed by atoms with E-state index < -0.39 is 11.8 Å². The molecule has 17 heavy (non-hydrogen) atoms. The Morgan fingerprint density at radius 2 is 1.88 bits per heavy atom. The number of carbonyl (C=O) groups is 2. The van der Waals surface area contributed by atoms with Gasteiger partial charge in [-0.2, -0.15) is 0 Å². The Kier molecular flexibility index (Phi) is 2.91. The zero-order valence-corrected chi connectivity index (χ0v) is 8.70. The number of hydrogen-bond acceptors (Lipinski definition) is 4. The maximum absolute atomic E-state index is 12.0. The van der Waals surface area contributed by atoms with Gasteiger partial charge < -0.3 is 5.11 Å². The highest BCUT2D eigenvalue weighted by Crippen LogP contribution is 2.11. The van der Waals surface area contributed by atoms with Crippen LogP contribution < -0.4 is 0 Å². The lowest BCUT2D eigenvalue weighted by atomic mass is 10.0. The molecule has 0 aliphatic carbocycles. The van der Waals surface area contributed by atoms with Crippen molar-refractivity contribution in [1.29, 1.82) is 0 Å². The van der Waals surface area contributed by atoms with E-state index in [9.17, 15) is 9.59 Å². The molecule has 0 saturated carbocycles. The maximum atomic E-state index is 12.0. The van der Waals surface area contributed by atoms with E-state index in [1.807, 2.05) is 0 Å². The van der Waals surface area contributed by atoms with E-state index in [1.54, 1.807) is 12.1 Å². The summed E-state index contributed by atoms with van der Waals surface area (Å²) in [6.45, 7) is 0. The van der Waals surface area contributed by atoms with Crippen molar-refractivity contribution in [2.75, 3.05) is 0 Å². The minimum absolute atomic E-state index is 0.0630. The van der Waals surface area contributed by atoms with Crippen LogP contribution in [0.25, 0.3) is 0 Å².